The van der Waals surface area contributed by atoms with E-state index in [2.05, 4.69) is 23.2 Å². The summed E-state index contributed by atoms with van der Waals surface area (Å²) in [7, 11) is 0. The van der Waals surface area contributed by atoms with Crippen molar-refractivity contribution in [2.45, 2.75) is 26.3 Å². The number of hydrogen-bond donors (Lipinski definition) is 1. The third-order valence-corrected chi connectivity index (χ3v) is 4.69. The van der Waals surface area contributed by atoms with E-state index in [1.54, 1.807) is 11.3 Å². The number of piperazine rings is 1. The van der Waals surface area contributed by atoms with Gasteiger partial charge in [0.2, 0.25) is 0 Å². The van der Waals surface area contributed by atoms with Gasteiger partial charge in [0.1, 0.15) is 0 Å². The Hall–Kier alpha value is -0.780. The second-order valence-electron chi connectivity index (χ2n) is 5.05. The van der Waals surface area contributed by atoms with E-state index in [-0.39, 0.29) is 6.03 Å². The second-order valence-corrected chi connectivity index (χ2v) is 6.85. The molecular formula is C14H22ClN3OS. The van der Waals surface area contributed by atoms with Gasteiger partial charge in [0.05, 0.1) is 4.34 Å². The van der Waals surface area contributed by atoms with Gasteiger partial charge >= 0.3 is 6.03 Å². The van der Waals surface area contributed by atoms with Crippen LogP contribution in [0.1, 0.15) is 24.6 Å². The molecule has 0 radical (unpaired) electrons. The summed E-state index contributed by atoms with van der Waals surface area (Å²) in [6.45, 7) is 7.30. The Morgan fingerprint density at radius 1 is 1.35 bits per heavy atom. The summed E-state index contributed by atoms with van der Waals surface area (Å²) in [6, 6.07) is 4.10. The predicted octanol–water partition coefficient (Wildman–Crippen LogP) is 3.03. The lowest BCUT2D eigenvalue weighted by Gasteiger charge is -2.34. The molecule has 0 unspecified atom stereocenters. The standard InChI is InChI=1S/C14H22ClN3OS/c1-2-3-6-16-14(19)18-9-7-17(8-10-18)11-12-4-5-13(15)20-12/h4-5H,2-3,6-11H2,1H3,(H,16,19). The highest BCUT2D eigenvalue weighted by Crippen LogP contribution is 2.23. The number of thiophene rings is 1. The van der Waals surface area contributed by atoms with E-state index in [0.29, 0.717) is 0 Å². The molecule has 2 rings (SSSR count). The van der Waals surface area contributed by atoms with Crippen molar-refractivity contribution in [3.8, 4) is 0 Å². The molecule has 0 aromatic carbocycles. The average Bonchev–Trinajstić information content (AvgIpc) is 2.85. The first-order valence-corrected chi connectivity index (χ1v) is 8.38. The number of unbranched alkanes of at least 4 members (excludes halogenated alkanes) is 1. The van der Waals surface area contributed by atoms with E-state index >= 15 is 0 Å². The van der Waals surface area contributed by atoms with Crippen molar-refractivity contribution in [1.29, 1.82) is 0 Å². The molecule has 4 nitrogen and oxygen atoms in total. The normalized spacial score (nSPS) is 16.4. The first-order valence-electron chi connectivity index (χ1n) is 7.18. The molecular weight excluding hydrogens is 294 g/mol. The van der Waals surface area contributed by atoms with Crippen molar-refractivity contribution in [2.24, 2.45) is 0 Å². The summed E-state index contributed by atoms with van der Waals surface area (Å²) in [5.74, 6) is 0. The van der Waals surface area contributed by atoms with Gasteiger partial charge in [-0.1, -0.05) is 24.9 Å². The summed E-state index contributed by atoms with van der Waals surface area (Å²) in [5, 5.41) is 2.97. The van der Waals surface area contributed by atoms with Crippen molar-refractivity contribution in [3.05, 3.63) is 21.3 Å². The maximum atomic E-state index is 11.9. The van der Waals surface area contributed by atoms with Gasteiger partial charge in [-0.25, -0.2) is 4.79 Å². The molecule has 1 aliphatic rings. The molecule has 2 amide bonds. The summed E-state index contributed by atoms with van der Waals surface area (Å²) < 4.78 is 0.842. The van der Waals surface area contributed by atoms with Crippen LogP contribution in [0.4, 0.5) is 4.79 Å². The first kappa shape index (κ1) is 15.6. The van der Waals surface area contributed by atoms with Gasteiger partial charge in [0.25, 0.3) is 0 Å². The van der Waals surface area contributed by atoms with E-state index in [1.165, 1.54) is 4.88 Å². The fraction of sp³-hybridized carbons (Fsp3) is 0.643. The number of carbonyl (C=O) groups is 1. The number of hydrogen-bond acceptors (Lipinski definition) is 3. The first-order chi connectivity index (χ1) is 9.69. The molecule has 2 heterocycles. The van der Waals surface area contributed by atoms with E-state index in [9.17, 15) is 4.79 Å². The van der Waals surface area contributed by atoms with E-state index in [4.69, 9.17) is 11.6 Å². The minimum Gasteiger partial charge on any atom is -0.338 e. The monoisotopic (exact) mass is 315 g/mol. The summed E-state index contributed by atoms with van der Waals surface area (Å²) >= 11 is 7.58. The largest absolute Gasteiger partial charge is 0.338 e. The number of rotatable bonds is 5. The van der Waals surface area contributed by atoms with Gasteiger partial charge in [-0.2, -0.15) is 0 Å². The Morgan fingerprint density at radius 2 is 2.10 bits per heavy atom. The van der Waals surface area contributed by atoms with Crippen LogP contribution in [0.15, 0.2) is 12.1 Å². The fourth-order valence-corrected chi connectivity index (χ4v) is 3.38. The SMILES string of the molecule is CCCCNC(=O)N1CCN(Cc2ccc(Cl)s2)CC1. The van der Waals surface area contributed by atoms with Crippen molar-refractivity contribution in [3.63, 3.8) is 0 Å². The number of urea groups is 1. The lowest BCUT2D eigenvalue weighted by atomic mass is 10.3. The minimum atomic E-state index is 0.0808. The van der Waals surface area contributed by atoms with Crippen LogP contribution in [0, 0.1) is 0 Å². The van der Waals surface area contributed by atoms with E-state index in [0.717, 1.165) is 56.4 Å². The van der Waals surface area contributed by atoms with E-state index in [1.807, 2.05) is 11.0 Å². The quantitative estimate of drug-likeness (QED) is 0.848. The zero-order valence-corrected chi connectivity index (χ0v) is 13.5. The summed E-state index contributed by atoms with van der Waals surface area (Å²) in [6.07, 6.45) is 2.16. The molecule has 1 aromatic rings. The van der Waals surface area contributed by atoms with Crippen LogP contribution in [0.2, 0.25) is 4.34 Å². The zero-order valence-electron chi connectivity index (χ0n) is 11.9. The lowest BCUT2D eigenvalue weighted by molar-refractivity contribution is 0.136. The van der Waals surface area contributed by atoms with Gasteiger partial charge in [0, 0.05) is 44.1 Å². The molecule has 0 atom stereocenters. The summed E-state index contributed by atoms with van der Waals surface area (Å²) in [4.78, 5) is 17.5. The summed E-state index contributed by atoms with van der Waals surface area (Å²) in [5.41, 5.74) is 0. The lowest BCUT2D eigenvalue weighted by Crippen LogP contribution is -2.51. The topological polar surface area (TPSA) is 35.6 Å². The zero-order chi connectivity index (χ0) is 14.4. The van der Waals surface area contributed by atoms with Crippen LogP contribution in [-0.4, -0.2) is 48.6 Å². The van der Waals surface area contributed by atoms with Gasteiger partial charge in [-0.15, -0.1) is 11.3 Å². The molecule has 1 aliphatic heterocycles. The van der Waals surface area contributed by atoms with Crippen molar-refractivity contribution in [2.75, 3.05) is 32.7 Å². The van der Waals surface area contributed by atoms with Gasteiger partial charge in [-0.3, -0.25) is 4.90 Å². The average molecular weight is 316 g/mol. The number of carbonyl (C=O) groups excluding carboxylic acids is 1. The highest BCUT2D eigenvalue weighted by molar-refractivity contribution is 7.16. The number of halogens is 1. The van der Waals surface area contributed by atoms with Crippen molar-refractivity contribution in [1.82, 2.24) is 15.1 Å². The number of nitrogens with zero attached hydrogens (tertiary/aromatic N) is 2. The molecule has 1 saturated heterocycles. The maximum Gasteiger partial charge on any atom is 0.317 e. The van der Waals surface area contributed by atoms with Crippen molar-refractivity contribution < 1.29 is 4.79 Å². The van der Waals surface area contributed by atoms with Crippen LogP contribution in [0.3, 0.4) is 0 Å². The molecule has 0 aliphatic carbocycles. The van der Waals surface area contributed by atoms with Crippen LogP contribution >= 0.6 is 22.9 Å². The predicted molar refractivity (Wildman–Crippen MR) is 84.5 cm³/mol. The number of amides is 2. The Morgan fingerprint density at radius 3 is 2.70 bits per heavy atom. The highest BCUT2D eigenvalue weighted by atomic mass is 35.5. The van der Waals surface area contributed by atoms with Gasteiger partial charge < -0.3 is 10.2 Å². The highest BCUT2D eigenvalue weighted by Gasteiger charge is 2.20. The smallest absolute Gasteiger partial charge is 0.317 e. The van der Waals surface area contributed by atoms with Crippen LogP contribution in [-0.2, 0) is 6.54 Å². The molecule has 1 fully saturated rings. The third-order valence-electron chi connectivity index (χ3n) is 3.47. The van der Waals surface area contributed by atoms with Crippen LogP contribution in [0.25, 0.3) is 0 Å². The van der Waals surface area contributed by atoms with Crippen LogP contribution in [0.5, 0.6) is 0 Å². The molecule has 20 heavy (non-hydrogen) atoms. The Kier molecular flexibility index (Phi) is 6.13. The Labute approximate surface area is 129 Å². The second kappa shape index (κ2) is 7.86. The Bertz CT molecular complexity index is 430. The van der Waals surface area contributed by atoms with Crippen molar-refractivity contribution >= 4 is 29.0 Å². The molecule has 0 spiro atoms. The molecule has 6 heteroatoms. The molecule has 1 aromatic heterocycles. The van der Waals surface area contributed by atoms with Gasteiger partial charge in [0.15, 0.2) is 0 Å². The van der Waals surface area contributed by atoms with Gasteiger partial charge in [-0.05, 0) is 18.6 Å². The van der Waals surface area contributed by atoms with Crippen LogP contribution < -0.4 is 5.32 Å². The third kappa shape index (κ3) is 4.65. The minimum absolute atomic E-state index is 0.0808. The number of nitrogens with one attached hydrogen (secondary N) is 1. The fourth-order valence-electron chi connectivity index (χ4n) is 2.25. The molecule has 112 valence electrons. The molecule has 0 bridgehead atoms. The maximum absolute atomic E-state index is 11.9. The molecule has 0 saturated carbocycles. The van der Waals surface area contributed by atoms with E-state index < -0.39 is 0 Å². The molecule has 1 N–H and O–H groups in total. The Balaban J connectivity index is 1.70.